The first-order valence-electron chi connectivity index (χ1n) is 9.11. The van der Waals surface area contributed by atoms with Crippen LogP contribution in [0.5, 0.6) is 0 Å². The summed E-state index contributed by atoms with van der Waals surface area (Å²) in [5, 5.41) is 25.3. The maximum absolute atomic E-state index is 11.4. The molecule has 0 fully saturated rings. The number of esters is 1. The van der Waals surface area contributed by atoms with Crippen molar-refractivity contribution in [3.05, 3.63) is 33.7 Å². The molecule has 0 aliphatic carbocycles. The third-order valence-corrected chi connectivity index (χ3v) is 3.27. The minimum atomic E-state index is -0.595. The van der Waals surface area contributed by atoms with Gasteiger partial charge in [-0.3, -0.25) is 9.59 Å². The summed E-state index contributed by atoms with van der Waals surface area (Å²) >= 11 is 0. The number of ether oxygens (including phenoxy) is 1. The van der Waals surface area contributed by atoms with E-state index in [1.54, 1.807) is 0 Å². The van der Waals surface area contributed by atoms with Gasteiger partial charge in [0.15, 0.2) is 6.79 Å². The van der Waals surface area contributed by atoms with Crippen molar-refractivity contribution in [3.8, 4) is 0 Å². The van der Waals surface area contributed by atoms with Crippen molar-refractivity contribution in [1.29, 1.82) is 0 Å². The molecule has 0 spiro atoms. The predicted molar refractivity (Wildman–Crippen MR) is 115 cm³/mol. The number of hydrogen-bond acceptors (Lipinski definition) is 8. The summed E-state index contributed by atoms with van der Waals surface area (Å²) < 4.78 is 4.75. The first-order chi connectivity index (χ1) is 12.9. The molecule has 7 N–H and O–H groups in total. The van der Waals surface area contributed by atoms with E-state index in [-0.39, 0.29) is 53.7 Å². The molecule has 0 radical (unpaired) electrons. The molecule has 1 rings (SSSR count). The molecular formula is C19H38N3NaO6. The van der Waals surface area contributed by atoms with Crippen molar-refractivity contribution in [1.82, 2.24) is 4.73 Å². The Hall–Kier alpha value is -0.940. The number of aliphatic hydroxyl groups excluding tert-OH is 2. The second-order valence-electron chi connectivity index (χ2n) is 7.61. The normalized spacial score (nSPS) is 11.1. The fourth-order valence-corrected chi connectivity index (χ4v) is 2.51. The van der Waals surface area contributed by atoms with Crippen LogP contribution in [0.3, 0.4) is 0 Å². The second kappa shape index (κ2) is 17.9. The first-order valence-corrected chi connectivity index (χ1v) is 9.11. The molecule has 29 heavy (non-hydrogen) atoms. The van der Waals surface area contributed by atoms with E-state index < -0.39 is 12.8 Å². The summed E-state index contributed by atoms with van der Waals surface area (Å²) in [4.78, 5) is 21.3. The fraction of sp³-hybridized carbons (Fsp3) is 0.684. The Morgan fingerprint density at radius 2 is 1.76 bits per heavy atom. The first kappa shape index (κ1) is 32.7. The van der Waals surface area contributed by atoms with E-state index in [0.29, 0.717) is 18.2 Å². The van der Waals surface area contributed by atoms with E-state index in [2.05, 4.69) is 32.4 Å². The van der Waals surface area contributed by atoms with Gasteiger partial charge in [0.2, 0.25) is 0 Å². The summed E-state index contributed by atoms with van der Waals surface area (Å²) in [5.41, 5.74) is 11.1. The van der Waals surface area contributed by atoms with Crippen LogP contribution in [0.1, 0.15) is 45.4 Å². The number of nitrogens with two attached hydrogens (primary N) is 2. The second-order valence-corrected chi connectivity index (χ2v) is 7.61. The van der Waals surface area contributed by atoms with Crippen LogP contribution < -0.4 is 17.0 Å². The molecule has 1 unspecified atom stereocenters. The molecule has 0 saturated heterocycles. The molecule has 1 heterocycles. The number of carbonyl (C=O) groups excluding carboxylic acids is 1. The van der Waals surface area contributed by atoms with Gasteiger partial charge in [0.05, 0.1) is 18.8 Å². The molecule has 0 bridgehead atoms. The van der Waals surface area contributed by atoms with E-state index in [1.807, 2.05) is 13.0 Å². The van der Waals surface area contributed by atoms with Crippen molar-refractivity contribution in [3.63, 3.8) is 0 Å². The van der Waals surface area contributed by atoms with Crippen molar-refractivity contribution in [2.45, 2.75) is 47.5 Å². The topological polar surface area (TPSA) is 161 Å². The molecule has 1 aromatic heterocycles. The Balaban J connectivity index is -0.000000470. The van der Waals surface area contributed by atoms with Gasteiger partial charge in [-0.05, 0) is 42.7 Å². The Kier molecular flexibility index (Phi) is 20.2. The van der Waals surface area contributed by atoms with E-state index in [9.17, 15) is 14.8 Å². The van der Waals surface area contributed by atoms with Crippen LogP contribution in [0.15, 0.2) is 16.9 Å². The van der Waals surface area contributed by atoms with Gasteiger partial charge in [0.25, 0.3) is 5.56 Å². The van der Waals surface area contributed by atoms with Crippen LogP contribution in [0.4, 0.5) is 0 Å². The molecule has 9 nitrogen and oxygen atoms in total. The van der Waals surface area contributed by atoms with Gasteiger partial charge in [-0.2, -0.15) is 4.73 Å². The fourth-order valence-electron chi connectivity index (χ4n) is 2.51. The van der Waals surface area contributed by atoms with Gasteiger partial charge < -0.3 is 31.6 Å². The van der Waals surface area contributed by atoms with E-state index in [0.717, 1.165) is 23.1 Å². The molecular weight excluding hydrogens is 389 g/mol. The Morgan fingerprint density at radius 1 is 1.24 bits per heavy atom. The average molecular weight is 428 g/mol. The number of carbonyl (C=O) groups is 1. The van der Waals surface area contributed by atoms with Crippen LogP contribution >= 0.6 is 0 Å². The van der Waals surface area contributed by atoms with Gasteiger partial charge in [0.1, 0.15) is 0 Å². The van der Waals surface area contributed by atoms with Crippen molar-refractivity contribution in [2.75, 3.05) is 26.5 Å². The zero-order valence-electron chi connectivity index (χ0n) is 17.6. The van der Waals surface area contributed by atoms with Gasteiger partial charge >= 0.3 is 35.5 Å². The van der Waals surface area contributed by atoms with E-state index in [1.165, 1.54) is 6.07 Å². The SMILES string of the molecule is Cc1cc(CC(C)CC(C)(C)C)n(O)c(=O)c1.NCC(=O)OCO.NCCO.[NaH]. The van der Waals surface area contributed by atoms with Gasteiger partial charge in [0, 0.05) is 12.6 Å². The maximum atomic E-state index is 11.4. The van der Waals surface area contributed by atoms with E-state index in [4.69, 9.17) is 21.7 Å². The third-order valence-electron chi connectivity index (χ3n) is 3.27. The summed E-state index contributed by atoms with van der Waals surface area (Å²) in [6, 6.07) is 3.32. The van der Waals surface area contributed by atoms with E-state index >= 15 is 0 Å². The molecule has 0 aromatic carbocycles. The summed E-state index contributed by atoms with van der Waals surface area (Å²) in [7, 11) is 0. The number of aromatic nitrogens is 1. The number of nitrogens with zero attached hydrogens (tertiary/aromatic N) is 1. The van der Waals surface area contributed by atoms with Crippen LogP contribution in [-0.2, 0) is 16.0 Å². The van der Waals surface area contributed by atoms with Crippen LogP contribution in [0.2, 0.25) is 0 Å². The third kappa shape index (κ3) is 18.8. The molecule has 10 heteroatoms. The molecule has 0 aliphatic heterocycles. The molecule has 0 amide bonds. The summed E-state index contributed by atoms with van der Waals surface area (Å²) in [6.07, 6.45) is 1.79. The van der Waals surface area contributed by atoms with Crippen molar-refractivity contribution in [2.24, 2.45) is 22.8 Å². The Bertz CT molecular complexity index is 615. The summed E-state index contributed by atoms with van der Waals surface area (Å²) in [5.74, 6) is -0.155. The number of aryl methyl sites for hydroxylation is 1. The zero-order chi connectivity index (χ0) is 22.3. The molecule has 0 aliphatic rings. The molecule has 1 aromatic rings. The van der Waals surface area contributed by atoms with Crippen molar-refractivity contribution >= 4 is 35.5 Å². The van der Waals surface area contributed by atoms with Crippen molar-refractivity contribution < 1.29 is 25.0 Å². The Labute approximate surface area is 195 Å². The predicted octanol–water partition coefficient (Wildman–Crippen LogP) is -0.264. The Morgan fingerprint density at radius 3 is 2.10 bits per heavy atom. The number of rotatable bonds is 6. The quantitative estimate of drug-likeness (QED) is 0.179. The molecule has 166 valence electrons. The van der Waals surface area contributed by atoms with Gasteiger partial charge in [-0.1, -0.05) is 27.7 Å². The summed E-state index contributed by atoms with van der Waals surface area (Å²) in [6.45, 7) is 10.3. The van der Waals surface area contributed by atoms with Crippen LogP contribution in [-0.4, -0.2) is 82.2 Å². The van der Waals surface area contributed by atoms with Gasteiger partial charge in [-0.15, -0.1) is 0 Å². The number of aliphatic hydroxyl groups is 2. The van der Waals surface area contributed by atoms with Gasteiger partial charge in [-0.25, -0.2) is 0 Å². The molecule has 1 atom stereocenters. The number of pyridine rings is 1. The zero-order valence-corrected chi connectivity index (χ0v) is 17.6. The molecule has 0 saturated carbocycles. The monoisotopic (exact) mass is 427 g/mol. The minimum absolute atomic E-state index is 0. The van der Waals surface area contributed by atoms with Crippen LogP contribution in [0, 0.1) is 18.3 Å². The van der Waals surface area contributed by atoms with Crippen LogP contribution in [0.25, 0.3) is 0 Å². The number of hydrogen-bond donors (Lipinski definition) is 5. The average Bonchev–Trinajstić information content (AvgIpc) is 2.58. The standard InChI is InChI=1S/C14H23NO2.C3H7NO3.C2H7NO.Na.H/c1-10-6-12(15(17)13(16)8-10)7-11(2)9-14(3,4)5;4-1-3(6)7-2-5;3-1-2-4;;/h6,8,11,17H,7,9H2,1-5H3;5H,1-2,4H2;4H,1-3H2;;.